The second kappa shape index (κ2) is 5.52. The molecule has 114 valence electrons. The van der Waals surface area contributed by atoms with Gasteiger partial charge in [0.05, 0.1) is 22.8 Å². The van der Waals surface area contributed by atoms with E-state index >= 15 is 0 Å². The van der Waals surface area contributed by atoms with Crippen LogP contribution >= 0.6 is 11.6 Å². The lowest BCUT2D eigenvalue weighted by Gasteiger charge is -2.26. The second-order valence-electron chi connectivity index (χ2n) is 4.42. The molecule has 0 fully saturated rings. The number of carbonyl (C=O) groups excluding carboxylic acids is 1. The fraction of sp³-hybridized carbons (Fsp3) is 0.357. The van der Waals surface area contributed by atoms with E-state index in [0.717, 1.165) is 6.07 Å². The van der Waals surface area contributed by atoms with Gasteiger partial charge < -0.3 is 14.2 Å². The minimum atomic E-state index is -3.86. The Hall–Kier alpha value is -1.82. The smallest absolute Gasteiger partial charge is 0.382 e. The standard InChI is InChI=1S/C14H13ClF2O4/c1-3-19-12(18)14(16,17)10-6-4-5-9(11(10)15)13(2)20-7-8-21-13/h4-8H,3H2,1-2H3. The summed E-state index contributed by atoms with van der Waals surface area (Å²) in [7, 11) is 0. The van der Waals surface area contributed by atoms with Crippen molar-refractivity contribution in [1.82, 2.24) is 0 Å². The zero-order chi connectivity index (χ0) is 15.7. The van der Waals surface area contributed by atoms with Gasteiger partial charge in [-0.25, -0.2) is 4.79 Å². The summed E-state index contributed by atoms with van der Waals surface area (Å²) in [6.45, 7) is 2.82. The average molecular weight is 319 g/mol. The Morgan fingerprint density at radius 3 is 2.57 bits per heavy atom. The highest BCUT2D eigenvalue weighted by Crippen LogP contribution is 2.42. The first kappa shape index (κ1) is 15.6. The van der Waals surface area contributed by atoms with E-state index < -0.39 is 23.2 Å². The third kappa shape index (κ3) is 2.68. The Bertz CT molecular complexity index is 578. The average Bonchev–Trinajstić information content (AvgIpc) is 2.86. The molecule has 7 heteroatoms. The van der Waals surface area contributed by atoms with Crippen LogP contribution in [0.3, 0.4) is 0 Å². The molecule has 0 atom stereocenters. The van der Waals surface area contributed by atoms with Crippen LogP contribution in [0.25, 0.3) is 0 Å². The molecule has 1 aliphatic rings. The van der Waals surface area contributed by atoms with E-state index in [9.17, 15) is 13.6 Å². The maximum Gasteiger partial charge on any atom is 0.382 e. The van der Waals surface area contributed by atoms with Gasteiger partial charge in [-0.15, -0.1) is 0 Å². The Morgan fingerprint density at radius 2 is 2.00 bits per heavy atom. The van der Waals surface area contributed by atoms with Crippen molar-refractivity contribution in [3.63, 3.8) is 0 Å². The molecule has 0 bridgehead atoms. The van der Waals surface area contributed by atoms with Crippen LogP contribution in [0.2, 0.25) is 5.02 Å². The monoisotopic (exact) mass is 318 g/mol. The molecule has 21 heavy (non-hydrogen) atoms. The van der Waals surface area contributed by atoms with Gasteiger partial charge in [-0.2, -0.15) is 8.78 Å². The van der Waals surface area contributed by atoms with Gasteiger partial charge in [0.1, 0.15) is 12.5 Å². The summed E-state index contributed by atoms with van der Waals surface area (Å²) < 4.78 is 43.1. The van der Waals surface area contributed by atoms with Crippen molar-refractivity contribution in [1.29, 1.82) is 0 Å². The summed E-state index contributed by atoms with van der Waals surface area (Å²) in [5.74, 6) is -6.82. The lowest BCUT2D eigenvalue weighted by molar-refractivity contribution is -0.173. The van der Waals surface area contributed by atoms with Crippen molar-refractivity contribution in [2.24, 2.45) is 0 Å². The minimum Gasteiger partial charge on any atom is -0.461 e. The van der Waals surface area contributed by atoms with Crippen molar-refractivity contribution in [3.8, 4) is 0 Å². The molecule has 4 nitrogen and oxygen atoms in total. The Labute approximate surface area is 125 Å². The number of esters is 1. The van der Waals surface area contributed by atoms with Crippen LogP contribution in [0.15, 0.2) is 30.7 Å². The third-order valence-electron chi connectivity index (χ3n) is 3.00. The number of carbonyl (C=O) groups is 1. The van der Waals surface area contributed by atoms with Crippen molar-refractivity contribution < 1.29 is 27.8 Å². The van der Waals surface area contributed by atoms with E-state index in [-0.39, 0.29) is 17.2 Å². The molecule has 1 aromatic carbocycles. The maximum atomic E-state index is 14.1. The van der Waals surface area contributed by atoms with Crippen LogP contribution in [0.4, 0.5) is 8.78 Å². The maximum absolute atomic E-state index is 14.1. The molecule has 0 aliphatic carbocycles. The number of hydrogen-bond acceptors (Lipinski definition) is 4. The summed E-state index contributed by atoms with van der Waals surface area (Å²) in [4.78, 5) is 11.4. The van der Waals surface area contributed by atoms with Crippen LogP contribution in [0.5, 0.6) is 0 Å². The number of benzene rings is 1. The first-order valence-corrected chi connectivity index (χ1v) is 6.56. The molecule has 1 aliphatic heterocycles. The fourth-order valence-corrected chi connectivity index (χ4v) is 2.34. The van der Waals surface area contributed by atoms with Gasteiger partial charge >= 0.3 is 11.9 Å². The van der Waals surface area contributed by atoms with Gasteiger partial charge in [0.2, 0.25) is 0 Å². The highest BCUT2D eigenvalue weighted by atomic mass is 35.5. The van der Waals surface area contributed by atoms with Crippen LogP contribution in [-0.2, 0) is 30.7 Å². The molecule has 2 rings (SSSR count). The number of alkyl halides is 2. The van der Waals surface area contributed by atoms with Gasteiger partial charge in [0, 0.05) is 6.92 Å². The van der Waals surface area contributed by atoms with Crippen molar-refractivity contribution in [2.75, 3.05) is 6.61 Å². The molecule has 0 spiro atoms. The lowest BCUT2D eigenvalue weighted by atomic mass is 10.0. The number of halogens is 3. The molecule has 1 aromatic rings. The summed E-state index contributed by atoms with van der Waals surface area (Å²) in [6.07, 6.45) is 2.57. The topological polar surface area (TPSA) is 44.8 Å². The molecule has 1 heterocycles. The van der Waals surface area contributed by atoms with Crippen LogP contribution in [0.1, 0.15) is 25.0 Å². The lowest BCUT2D eigenvalue weighted by Crippen LogP contribution is -2.30. The molecule has 0 N–H and O–H groups in total. The molecule has 0 amide bonds. The number of hydrogen-bond donors (Lipinski definition) is 0. The molecule has 0 aromatic heterocycles. The largest absolute Gasteiger partial charge is 0.461 e. The first-order valence-electron chi connectivity index (χ1n) is 6.18. The quantitative estimate of drug-likeness (QED) is 0.794. The van der Waals surface area contributed by atoms with Gasteiger partial charge in [0.15, 0.2) is 0 Å². The Balaban J connectivity index is 2.45. The summed E-state index contributed by atoms with van der Waals surface area (Å²) in [6, 6.07) is 3.90. The van der Waals surface area contributed by atoms with Crippen molar-refractivity contribution >= 4 is 17.6 Å². The Kier molecular flexibility index (Phi) is 4.09. The first-order chi connectivity index (χ1) is 9.83. The number of rotatable bonds is 4. The molecular formula is C14H13ClF2O4. The van der Waals surface area contributed by atoms with E-state index in [1.807, 2.05) is 0 Å². The van der Waals surface area contributed by atoms with Gasteiger partial charge in [-0.3, -0.25) is 0 Å². The van der Waals surface area contributed by atoms with Gasteiger partial charge in [-0.1, -0.05) is 23.7 Å². The van der Waals surface area contributed by atoms with Gasteiger partial charge in [-0.05, 0) is 13.0 Å². The predicted octanol–water partition coefficient (Wildman–Crippen LogP) is 3.69. The summed E-state index contributed by atoms with van der Waals surface area (Å²) in [5.41, 5.74) is -0.462. The zero-order valence-corrected chi connectivity index (χ0v) is 12.1. The Morgan fingerprint density at radius 1 is 1.38 bits per heavy atom. The third-order valence-corrected chi connectivity index (χ3v) is 3.41. The predicted molar refractivity (Wildman–Crippen MR) is 70.6 cm³/mol. The molecule has 0 saturated heterocycles. The van der Waals surface area contributed by atoms with Crippen LogP contribution in [-0.4, -0.2) is 12.6 Å². The van der Waals surface area contributed by atoms with Crippen molar-refractivity contribution in [3.05, 3.63) is 46.9 Å². The highest BCUT2D eigenvalue weighted by molar-refractivity contribution is 6.32. The summed E-state index contributed by atoms with van der Waals surface area (Å²) in [5, 5.41) is -0.304. The number of ether oxygens (including phenoxy) is 3. The molecular weight excluding hydrogens is 306 g/mol. The van der Waals surface area contributed by atoms with Crippen LogP contribution in [0, 0.1) is 0 Å². The second-order valence-corrected chi connectivity index (χ2v) is 4.79. The SMILES string of the molecule is CCOC(=O)C(F)(F)c1cccc(C2(C)OC=CO2)c1Cl. The fourth-order valence-electron chi connectivity index (χ4n) is 1.93. The zero-order valence-electron chi connectivity index (χ0n) is 11.4. The van der Waals surface area contributed by atoms with E-state index in [1.54, 1.807) is 0 Å². The normalized spacial score (nSPS) is 16.2. The van der Waals surface area contributed by atoms with Crippen LogP contribution < -0.4 is 0 Å². The van der Waals surface area contributed by atoms with E-state index in [0.29, 0.717) is 0 Å². The van der Waals surface area contributed by atoms with E-state index in [1.165, 1.54) is 38.5 Å². The van der Waals surface area contributed by atoms with E-state index in [4.69, 9.17) is 21.1 Å². The van der Waals surface area contributed by atoms with E-state index in [2.05, 4.69) is 4.74 Å². The molecule has 0 radical (unpaired) electrons. The van der Waals surface area contributed by atoms with Crippen molar-refractivity contribution in [2.45, 2.75) is 25.6 Å². The minimum absolute atomic E-state index is 0.153. The van der Waals surface area contributed by atoms with Gasteiger partial charge in [0.25, 0.3) is 5.79 Å². The highest BCUT2D eigenvalue weighted by Gasteiger charge is 2.46. The molecule has 0 unspecified atom stereocenters. The molecule has 0 saturated carbocycles. The summed E-state index contributed by atoms with van der Waals surface area (Å²) >= 11 is 6.03.